The van der Waals surface area contributed by atoms with Crippen LogP contribution in [0.4, 0.5) is 0 Å². The highest BCUT2D eigenvalue weighted by Crippen LogP contribution is 2.25. The zero-order chi connectivity index (χ0) is 10.7. The van der Waals surface area contributed by atoms with E-state index < -0.39 is 0 Å². The van der Waals surface area contributed by atoms with Gasteiger partial charge in [-0.2, -0.15) is 0 Å². The van der Waals surface area contributed by atoms with Gasteiger partial charge in [0.1, 0.15) is 6.26 Å². The summed E-state index contributed by atoms with van der Waals surface area (Å²) < 4.78 is 10.9. The van der Waals surface area contributed by atoms with Crippen LogP contribution in [0.25, 0.3) is 0 Å². The van der Waals surface area contributed by atoms with Crippen LogP contribution in [0.3, 0.4) is 0 Å². The van der Waals surface area contributed by atoms with Gasteiger partial charge in [0.25, 0.3) is 0 Å². The fraction of sp³-hybridized carbons (Fsp3) is 0.727. The van der Waals surface area contributed by atoms with Crippen molar-refractivity contribution in [1.82, 2.24) is 10.3 Å². The minimum atomic E-state index is 0.243. The fourth-order valence-corrected chi connectivity index (χ4v) is 1.77. The Bertz CT molecular complexity index is 305. The SMILES string of the molecule is CNC(C)c1coc(C2CCCOC2)n1. The predicted octanol–water partition coefficient (Wildman–Crippen LogP) is 1.85. The Kier molecular flexibility index (Phi) is 3.38. The van der Waals surface area contributed by atoms with Gasteiger partial charge in [-0.05, 0) is 26.8 Å². The van der Waals surface area contributed by atoms with Crippen LogP contribution in [0.2, 0.25) is 0 Å². The lowest BCUT2D eigenvalue weighted by Crippen LogP contribution is -2.16. The summed E-state index contributed by atoms with van der Waals surface area (Å²) in [5.41, 5.74) is 0.970. The molecular formula is C11H18N2O2. The highest BCUT2D eigenvalue weighted by atomic mass is 16.5. The molecule has 2 heterocycles. The van der Waals surface area contributed by atoms with Crippen LogP contribution in [-0.4, -0.2) is 25.2 Å². The molecule has 4 nitrogen and oxygen atoms in total. The van der Waals surface area contributed by atoms with E-state index in [1.165, 1.54) is 0 Å². The zero-order valence-electron chi connectivity index (χ0n) is 9.32. The van der Waals surface area contributed by atoms with Crippen molar-refractivity contribution in [1.29, 1.82) is 0 Å². The van der Waals surface area contributed by atoms with Crippen LogP contribution in [0.15, 0.2) is 10.7 Å². The number of hydrogen-bond donors (Lipinski definition) is 1. The quantitative estimate of drug-likeness (QED) is 0.827. The molecule has 0 spiro atoms. The normalized spacial score (nSPS) is 24.0. The van der Waals surface area contributed by atoms with Gasteiger partial charge in [-0.1, -0.05) is 0 Å². The summed E-state index contributed by atoms with van der Waals surface area (Å²) in [6.07, 6.45) is 3.96. The molecule has 1 aromatic heterocycles. The summed E-state index contributed by atoms with van der Waals surface area (Å²) >= 11 is 0. The van der Waals surface area contributed by atoms with Crippen molar-refractivity contribution in [3.8, 4) is 0 Å². The second-order valence-electron chi connectivity index (χ2n) is 4.04. The zero-order valence-corrected chi connectivity index (χ0v) is 9.32. The van der Waals surface area contributed by atoms with Gasteiger partial charge in [-0.3, -0.25) is 0 Å². The second-order valence-corrected chi connectivity index (χ2v) is 4.04. The van der Waals surface area contributed by atoms with E-state index >= 15 is 0 Å². The third-order valence-corrected chi connectivity index (χ3v) is 2.93. The van der Waals surface area contributed by atoms with Crippen molar-refractivity contribution in [2.45, 2.75) is 31.7 Å². The van der Waals surface area contributed by atoms with E-state index in [1.54, 1.807) is 6.26 Å². The molecule has 1 aliphatic rings. The standard InChI is InChI=1S/C11H18N2O2/c1-8(12-2)10-7-15-11(13-10)9-4-3-5-14-6-9/h7-9,12H,3-6H2,1-2H3. The Morgan fingerprint density at radius 3 is 3.13 bits per heavy atom. The second kappa shape index (κ2) is 4.77. The first-order valence-electron chi connectivity index (χ1n) is 5.51. The van der Waals surface area contributed by atoms with Gasteiger partial charge in [0.05, 0.1) is 18.2 Å². The van der Waals surface area contributed by atoms with Crippen molar-refractivity contribution in [2.24, 2.45) is 0 Å². The molecule has 2 unspecified atom stereocenters. The van der Waals surface area contributed by atoms with Crippen molar-refractivity contribution < 1.29 is 9.15 Å². The summed E-state index contributed by atoms with van der Waals surface area (Å²) in [6, 6.07) is 0.243. The average molecular weight is 210 g/mol. The lowest BCUT2D eigenvalue weighted by molar-refractivity contribution is 0.0725. The van der Waals surface area contributed by atoms with E-state index in [0.29, 0.717) is 5.92 Å². The molecule has 1 N–H and O–H groups in total. The van der Waals surface area contributed by atoms with Crippen molar-refractivity contribution in [3.05, 3.63) is 17.8 Å². The molecular weight excluding hydrogens is 192 g/mol. The molecule has 1 aromatic rings. The van der Waals surface area contributed by atoms with Gasteiger partial charge >= 0.3 is 0 Å². The molecule has 0 amide bonds. The average Bonchev–Trinajstić information content (AvgIpc) is 2.78. The van der Waals surface area contributed by atoms with Gasteiger partial charge in [0, 0.05) is 12.6 Å². The summed E-state index contributed by atoms with van der Waals surface area (Å²) in [7, 11) is 1.92. The Labute approximate surface area is 90.0 Å². The summed E-state index contributed by atoms with van der Waals surface area (Å²) in [6.45, 7) is 3.68. The van der Waals surface area contributed by atoms with Crippen LogP contribution in [-0.2, 0) is 4.74 Å². The minimum Gasteiger partial charge on any atom is -0.448 e. The first kappa shape index (κ1) is 10.6. The predicted molar refractivity (Wildman–Crippen MR) is 56.8 cm³/mol. The Hall–Kier alpha value is -0.870. The highest BCUT2D eigenvalue weighted by Gasteiger charge is 2.21. The first-order chi connectivity index (χ1) is 7.31. The molecule has 2 atom stereocenters. The van der Waals surface area contributed by atoms with Crippen molar-refractivity contribution in [2.75, 3.05) is 20.3 Å². The topological polar surface area (TPSA) is 47.3 Å². The Morgan fingerprint density at radius 1 is 1.60 bits per heavy atom. The number of hydrogen-bond acceptors (Lipinski definition) is 4. The van der Waals surface area contributed by atoms with Crippen LogP contribution in [0.1, 0.15) is 43.3 Å². The molecule has 0 aromatic carbocycles. The third kappa shape index (κ3) is 2.38. The molecule has 1 aliphatic heterocycles. The van der Waals surface area contributed by atoms with E-state index in [1.807, 2.05) is 7.05 Å². The van der Waals surface area contributed by atoms with Gasteiger partial charge < -0.3 is 14.5 Å². The van der Waals surface area contributed by atoms with E-state index in [-0.39, 0.29) is 6.04 Å². The highest BCUT2D eigenvalue weighted by molar-refractivity contribution is 5.05. The van der Waals surface area contributed by atoms with Crippen molar-refractivity contribution >= 4 is 0 Å². The molecule has 4 heteroatoms. The largest absolute Gasteiger partial charge is 0.448 e. The van der Waals surface area contributed by atoms with Crippen LogP contribution in [0, 0.1) is 0 Å². The molecule has 0 radical (unpaired) electrons. The summed E-state index contributed by atoms with van der Waals surface area (Å²) in [5, 5.41) is 3.14. The number of nitrogens with zero attached hydrogens (tertiary/aromatic N) is 1. The minimum absolute atomic E-state index is 0.243. The Morgan fingerprint density at radius 2 is 2.47 bits per heavy atom. The molecule has 2 rings (SSSR count). The smallest absolute Gasteiger partial charge is 0.199 e. The maximum atomic E-state index is 5.50. The van der Waals surface area contributed by atoms with E-state index in [0.717, 1.165) is 37.6 Å². The van der Waals surface area contributed by atoms with Gasteiger partial charge in [-0.15, -0.1) is 0 Å². The monoisotopic (exact) mass is 210 g/mol. The number of aromatic nitrogens is 1. The van der Waals surface area contributed by atoms with E-state index in [9.17, 15) is 0 Å². The van der Waals surface area contributed by atoms with Crippen molar-refractivity contribution in [3.63, 3.8) is 0 Å². The maximum absolute atomic E-state index is 5.50. The summed E-state index contributed by atoms with van der Waals surface area (Å²) in [5.74, 6) is 1.17. The fourth-order valence-electron chi connectivity index (χ4n) is 1.77. The Balaban J connectivity index is 2.05. The number of oxazole rings is 1. The van der Waals surface area contributed by atoms with Gasteiger partial charge in [0.15, 0.2) is 5.89 Å². The van der Waals surface area contributed by atoms with Gasteiger partial charge in [0.2, 0.25) is 0 Å². The first-order valence-corrected chi connectivity index (χ1v) is 5.51. The lowest BCUT2D eigenvalue weighted by Gasteiger charge is -2.18. The lowest BCUT2D eigenvalue weighted by atomic mass is 10.0. The number of ether oxygens (including phenoxy) is 1. The molecule has 1 fully saturated rings. The number of rotatable bonds is 3. The molecule has 15 heavy (non-hydrogen) atoms. The van der Waals surface area contributed by atoms with E-state index in [4.69, 9.17) is 9.15 Å². The number of nitrogens with one attached hydrogen (secondary N) is 1. The molecule has 0 bridgehead atoms. The summed E-state index contributed by atoms with van der Waals surface area (Å²) in [4.78, 5) is 4.50. The molecule has 1 saturated heterocycles. The van der Waals surface area contributed by atoms with Crippen LogP contribution >= 0.6 is 0 Å². The van der Waals surface area contributed by atoms with Crippen LogP contribution in [0.5, 0.6) is 0 Å². The third-order valence-electron chi connectivity index (χ3n) is 2.93. The molecule has 0 aliphatic carbocycles. The van der Waals surface area contributed by atoms with Gasteiger partial charge in [-0.25, -0.2) is 4.98 Å². The van der Waals surface area contributed by atoms with E-state index in [2.05, 4.69) is 17.2 Å². The molecule has 0 saturated carbocycles. The maximum Gasteiger partial charge on any atom is 0.199 e. The molecule has 84 valence electrons. The van der Waals surface area contributed by atoms with Crippen LogP contribution < -0.4 is 5.32 Å².